The van der Waals surface area contributed by atoms with Gasteiger partial charge in [-0.05, 0) is 30.0 Å². The molecule has 0 spiro atoms. The van der Waals surface area contributed by atoms with Gasteiger partial charge in [-0.15, -0.1) is 4.91 Å². The topological polar surface area (TPSA) is 71.3 Å². The van der Waals surface area contributed by atoms with Gasteiger partial charge in [0.1, 0.15) is 5.69 Å². The summed E-state index contributed by atoms with van der Waals surface area (Å²) in [7, 11) is 1.28. The number of likely N-dealkylation sites (tertiary alicyclic amines) is 1. The molecule has 1 aliphatic rings. The summed E-state index contributed by atoms with van der Waals surface area (Å²) in [4.78, 5) is 29.9. The lowest BCUT2D eigenvalue weighted by atomic mass is 10.0. The van der Waals surface area contributed by atoms with Crippen LogP contribution in [-0.4, -0.2) is 49.9 Å². The van der Waals surface area contributed by atoms with Crippen molar-refractivity contribution in [2.75, 3.05) is 26.7 Å². The lowest BCUT2D eigenvalue weighted by molar-refractivity contribution is 0.0601. The van der Waals surface area contributed by atoms with Crippen molar-refractivity contribution < 1.29 is 9.53 Å². The average Bonchev–Trinajstić information content (AvgIpc) is 2.59. The summed E-state index contributed by atoms with van der Waals surface area (Å²) in [5.41, 5.74) is 0.811. The molecule has 1 aromatic rings. The largest absolute Gasteiger partial charge is 0.465 e. The van der Waals surface area contributed by atoms with Gasteiger partial charge in [-0.3, -0.25) is 4.99 Å². The van der Waals surface area contributed by atoms with Crippen LogP contribution in [-0.2, 0) is 4.74 Å². The van der Waals surface area contributed by atoms with Crippen molar-refractivity contribution >= 4 is 17.9 Å². The Labute approximate surface area is 142 Å². The molecule has 0 saturated carbocycles. The number of benzene rings is 1. The van der Waals surface area contributed by atoms with Crippen LogP contribution in [0.5, 0.6) is 0 Å². The summed E-state index contributed by atoms with van der Waals surface area (Å²) < 4.78 is 4.68. The summed E-state index contributed by atoms with van der Waals surface area (Å²) in [5, 5.41) is 3.00. The van der Waals surface area contributed by atoms with E-state index in [1.54, 1.807) is 18.3 Å². The molecule has 2 rings (SSSR count). The molecule has 1 aromatic carbocycles. The predicted octanol–water partition coefficient (Wildman–Crippen LogP) is 3.41. The van der Waals surface area contributed by atoms with Crippen LogP contribution < -0.4 is 0 Å². The Morgan fingerprint density at radius 3 is 2.67 bits per heavy atom. The lowest BCUT2D eigenvalue weighted by Gasteiger charge is -2.31. The Bertz CT molecular complexity index is 606. The summed E-state index contributed by atoms with van der Waals surface area (Å²) in [6.07, 6.45) is 3.67. The third-order valence-electron chi connectivity index (χ3n) is 4.17. The van der Waals surface area contributed by atoms with Crippen molar-refractivity contribution in [2.45, 2.75) is 32.7 Å². The molecule has 1 fully saturated rings. The van der Waals surface area contributed by atoms with Gasteiger partial charge >= 0.3 is 5.97 Å². The number of hydrogen-bond donors (Lipinski definition) is 0. The van der Waals surface area contributed by atoms with Crippen molar-refractivity contribution in [3.8, 4) is 0 Å². The van der Waals surface area contributed by atoms with E-state index in [0.29, 0.717) is 11.5 Å². The van der Waals surface area contributed by atoms with E-state index in [-0.39, 0.29) is 17.3 Å². The Kier molecular flexibility index (Phi) is 6.61. The zero-order valence-electron chi connectivity index (χ0n) is 14.6. The van der Waals surface area contributed by atoms with E-state index in [4.69, 9.17) is 0 Å². The van der Waals surface area contributed by atoms with Crippen molar-refractivity contribution in [2.24, 2.45) is 16.1 Å². The predicted molar refractivity (Wildman–Crippen MR) is 95.1 cm³/mol. The highest BCUT2D eigenvalue weighted by molar-refractivity contribution is 6.00. The van der Waals surface area contributed by atoms with E-state index in [1.165, 1.54) is 13.2 Å². The monoisotopic (exact) mass is 331 g/mol. The van der Waals surface area contributed by atoms with Gasteiger partial charge in [-0.2, -0.15) is 0 Å². The normalized spacial score (nSPS) is 16.7. The maximum absolute atomic E-state index is 11.7. The number of esters is 1. The number of methoxy groups -OCH3 is 1. The van der Waals surface area contributed by atoms with E-state index < -0.39 is 5.97 Å². The molecular weight excluding hydrogens is 306 g/mol. The molecule has 6 nitrogen and oxygen atoms in total. The van der Waals surface area contributed by atoms with Crippen LogP contribution in [0.2, 0.25) is 0 Å². The molecule has 24 heavy (non-hydrogen) atoms. The number of hydrogen-bond acceptors (Lipinski definition) is 6. The molecule has 0 aliphatic carbocycles. The van der Waals surface area contributed by atoms with Crippen molar-refractivity contribution in [1.82, 2.24) is 4.90 Å². The highest BCUT2D eigenvalue weighted by atomic mass is 16.5. The number of aliphatic imine (C=N–C) groups is 1. The second-order valence-corrected chi connectivity index (χ2v) is 6.53. The summed E-state index contributed by atoms with van der Waals surface area (Å²) in [5.74, 6) is 0.106. The fraction of sp³-hybridized carbons (Fsp3) is 0.556. The standard InChI is InChI=1S/C18H25N3O3/c1-13(2)12-21-9-7-15(8-10-21)19-11-14-5-4-6-16(17(14)20-23)18(22)24-3/h4-6,11,13,15H,7-10,12H2,1-3H3. The number of piperidine rings is 1. The van der Waals surface area contributed by atoms with Crippen LogP contribution >= 0.6 is 0 Å². The Hall–Kier alpha value is -2.08. The quantitative estimate of drug-likeness (QED) is 0.455. The molecular formula is C18H25N3O3. The second kappa shape index (κ2) is 8.68. The number of carbonyl (C=O) groups is 1. The highest BCUT2D eigenvalue weighted by Crippen LogP contribution is 2.24. The van der Waals surface area contributed by atoms with Gasteiger partial charge in [0.2, 0.25) is 0 Å². The molecule has 1 heterocycles. The molecule has 0 N–H and O–H groups in total. The maximum atomic E-state index is 11.7. The SMILES string of the molecule is COC(=O)c1cccc(C=NC2CCN(CC(C)C)CC2)c1N=O. The Morgan fingerprint density at radius 1 is 1.38 bits per heavy atom. The number of nitroso groups, excluding NO2 is 1. The smallest absolute Gasteiger partial charge is 0.340 e. The van der Waals surface area contributed by atoms with E-state index in [0.717, 1.165) is 32.5 Å². The summed E-state index contributed by atoms with van der Waals surface area (Å²) >= 11 is 0. The minimum Gasteiger partial charge on any atom is -0.465 e. The van der Waals surface area contributed by atoms with Crippen LogP contribution in [0, 0.1) is 10.8 Å². The van der Waals surface area contributed by atoms with E-state index >= 15 is 0 Å². The third-order valence-corrected chi connectivity index (χ3v) is 4.17. The molecule has 0 atom stereocenters. The molecule has 1 saturated heterocycles. The van der Waals surface area contributed by atoms with Crippen LogP contribution in [0.3, 0.4) is 0 Å². The maximum Gasteiger partial charge on any atom is 0.340 e. The minimum atomic E-state index is -0.568. The Balaban J connectivity index is 2.05. The third kappa shape index (κ3) is 4.71. The summed E-state index contributed by atoms with van der Waals surface area (Å²) in [6, 6.07) is 5.22. The highest BCUT2D eigenvalue weighted by Gasteiger charge is 2.19. The number of rotatable bonds is 6. The molecule has 0 aromatic heterocycles. The zero-order chi connectivity index (χ0) is 17.5. The van der Waals surface area contributed by atoms with Gasteiger partial charge in [-0.1, -0.05) is 26.0 Å². The number of nitrogens with zero attached hydrogens (tertiary/aromatic N) is 3. The van der Waals surface area contributed by atoms with Crippen molar-refractivity contribution in [3.63, 3.8) is 0 Å². The first-order valence-electron chi connectivity index (χ1n) is 8.35. The average molecular weight is 331 g/mol. The van der Waals surface area contributed by atoms with Crippen LogP contribution in [0.15, 0.2) is 28.4 Å². The van der Waals surface area contributed by atoms with Gasteiger partial charge in [0, 0.05) is 31.4 Å². The van der Waals surface area contributed by atoms with E-state index in [2.05, 4.69) is 33.7 Å². The molecule has 1 aliphatic heterocycles. The van der Waals surface area contributed by atoms with Gasteiger partial charge in [0.25, 0.3) is 0 Å². The number of ether oxygens (including phenoxy) is 1. The molecule has 0 amide bonds. The molecule has 6 heteroatoms. The van der Waals surface area contributed by atoms with Crippen LogP contribution in [0.25, 0.3) is 0 Å². The minimum absolute atomic E-state index is 0.0883. The van der Waals surface area contributed by atoms with E-state index in [1.807, 2.05) is 0 Å². The van der Waals surface area contributed by atoms with Gasteiger partial charge in [0.15, 0.2) is 0 Å². The molecule has 130 valence electrons. The van der Waals surface area contributed by atoms with Crippen LogP contribution in [0.1, 0.15) is 42.6 Å². The van der Waals surface area contributed by atoms with Gasteiger partial charge < -0.3 is 9.64 Å². The van der Waals surface area contributed by atoms with Crippen molar-refractivity contribution in [3.05, 3.63) is 34.2 Å². The first-order chi connectivity index (χ1) is 11.5. The van der Waals surface area contributed by atoms with Crippen molar-refractivity contribution in [1.29, 1.82) is 0 Å². The fourth-order valence-corrected chi connectivity index (χ4v) is 3.00. The first kappa shape index (κ1) is 18.3. The fourth-order valence-electron chi connectivity index (χ4n) is 3.00. The number of carbonyl (C=O) groups excluding carboxylic acids is 1. The van der Waals surface area contributed by atoms with E-state index in [9.17, 15) is 9.70 Å². The van der Waals surface area contributed by atoms with Crippen LogP contribution in [0.4, 0.5) is 5.69 Å². The molecule has 0 bridgehead atoms. The Morgan fingerprint density at radius 2 is 2.08 bits per heavy atom. The lowest BCUT2D eigenvalue weighted by Crippen LogP contribution is -2.37. The molecule has 0 unspecified atom stereocenters. The summed E-state index contributed by atoms with van der Waals surface area (Å²) in [6.45, 7) is 7.66. The second-order valence-electron chi connectivity index (χ2n) is 6.53. The molecule has 0 radical (unpaired) electrons. The van der Waals surface area contributed by atoms with Gasteiger partial charge in [0.05, 0.1) is 18.7 Å². The first-order valence-corrected chi connectivity index (χ1v) is 8.35. The zero-order valence-corrected chi connectivity index (χ0v) is 14.6. The van der Waals surface area contributed by atoms with Gasteiger partial charge in [-0.25, -0.2) is 4.79 Å².